The first-order valence-electron chi connectivity index (χ1n) is 4.92. The molecule has 1 heterocycles. The van der Waals surface area contributed by atoms with E-state index in [1.807, 2.05) is 0 Å². The number of methoxy groups -OCH3 is 1. The maximum absolute atomic E-state index is 12.2. The monoisotopic (exact) mass is 239 g/mol. The van der Waals surface area contributed by atoms with E-state index in [1.165, 1.54) is 7.11 Å². The summed E-state index contributed by atoms with van der Waals surface area (Å²) in [4.78, 5) is 0.296. The number of rotatable bonds is 3. The van der Waals surface area contributed by atoms with Gasteiger partial charge in [-0.25, -0.2) is 8.42 Å². The Bertz CT molecular complexity index is 508. The Labute approximate surface area is 94.8 Å². The average molecular weight is 239 g/mol. The molecule has 0 fully saturated rings. The summed E-state index contributed by atoms with van der Waals surface area (Å²) in [6.07, 6.45) is 3.33. The molecule has 1 aliphatic heterocycles. The van der Waals surface area contributed by atoms with Crippen LogP contribution in [0.2, 0.25) is 0 Å². The van der Waals surface area contributed by atoms with Crippen LogP contribution in [0.25, 0.3) is 0 Å². The molecule has 0 bridgehead atoms. The van der Waals surface area contributed by atoms with Crippen LogP contribution in [-0.4, -0.2) is 27.3 Å². The van der Waals surface area contributed by atoms with Crippen molar-refractivity contribution in [3.8, 4) is 5.75 Å². The van der Waals surface area contributed by atoms with Crippen molar-refractivity contribution >= 4 is 9.84 Å². The molecule has 1 aromatic carbocycles. The maximum Gasteiger partial charge on any atom is 0.186 e. The smallest absolute Gasteiger partial charge is 0.186 e. The maximum atomic E-state index is 12.2. The van der Waals surface area contributed by atoms with E-state index in [2.05, 4.69) is 5.32 Å². The zero-order chi connectivity index (χ0) is 11.6. The second kappa shape index (κ2) is 4.17. The van der Waals surface area contributed by atoms with Gasteiger partial charge in [0.15, 0.2) is 9.84 Å². The van der Waals surface area contributed by atoms with E-state index in [-0.39, 0.29) is 0 Å². The van der Waals surface area contributed by atoms with Gasteiger partial charge in [-0.05, 0) is 30.5 Å². The van der Waals surface area contributed by atoms with Crippen molar-refractivity contribution < 1.29 is 13.2 Å². The van der Waals surface area contributed by atoms with Crippen LogP contribution in [0.3, 0.4) is 0 Å². The second-order valence-electron chi connectivity index (χ2n) is 3.53. The van der Waals surface area contributed by atoms with Gasteiger partial charge >= 0.3 is 0 Å². The molecule has 0 aliphatic carbocycles. The zero-order valence-corrected chi connectivity index (χ0v) is 9.70. The van der Waals surface area contributed by atoms with Crippen LogP contribution < -0.4 is 10.1 Å². The molecule has 1 atom stereocenters. The summed E-state index contributed by atoms with van der Waals surface area (Å²) in [6.45, 7) is 0.430. The summed E-state index contributed by atoms with van der Waals surface area (Å²) in [5.74, 6) is 0.552. The van der Waals surface area contributed by atoms with E-state index in [4.69, 9.17) is 4.74 Å². The largest absolute Gasteiger partial charge is 0.497 e. The lowest BCUT2D eigenvalue weighted by Crippen LogP contribution is -2.24. The molecule has 1 unspecified atom stereocenters. The standard InChI is InChI=1S/C11H13NO3S/c1-15-9-3-2-4-10(7-9)16(13,14)11-5-6-12-8-11/h2-7,11-12H,8H2,1H3. The van der Waals surface area contributed by atoms with Crippen LogP contribution in [0.15, 0.2) is 41.4 Å². The third kappa shape index (κ3) is 1.90. The third-order valence-corrected chi connectivity index (χ3v) is 4.55. The van der Waals surface area contributed by atoms with Crippen LogP contribution in [0.5, 0.6) is 5.75 Å². The molecule has 4 nitrogen and oxygen atoms in total. The highest BCUT2D eigenvalue weighted by Crippen LogP contribution is 2.22. The zero-order valence-electron chi connectivity index (χ0n) is 8.88. The lowest BCUT2D eigenvalue weighted by Gasteiger charge is -2.10. The van der Waals surface area contributed by atoms with E-state index in [9.17, 15) is 8.42 Å². The molecule has 16 heavy (non-hydrogen) atoms. The highest BCUT2D eigenvalue weighted by Gasteiger charge is 2.27. The van der Waals surface area contributed by atoms with Gasteiger partial charge in [-0.2, -0.15) is 0 Å². The van der Waals surface area contributed by atoms with Gasteiger partial charge < -0.3 is 10.1 Å². The second-order valence-corrected chi connectivity index (χ2v) is 5.70. The van der Waals surface area contributed by atoms with Gasteiger partial charge in [0.2, 0.25) is 0 Å². The fourth-order valence-electron chi connectivity index (χ4n) is 1.59. The number of nitrogens with one attached hydrogen (secondary N) is 1. The molecule has 0 aromatic heterocycles. The highest BCUT2D eigenvalue weighted by molar-refractivity contribution is 7.92. The summed E-state index contributed by atoms with van der Waals surface area (Å²) >= 11 is 0. The summed E-state index contributed by atoms with van der Waals surface area (Å²) < 4.78 is 29.3. The normalized spacial score (nSPS) is 19.4. The fourth-order valence-corrected chi connectivity index (χ4v) is 3.09. The van der Waals surface area contributed by atoms with Crippen molar-refractivity contribution in [3.05, 3.63) is 36.5 Å². The fraction of sp³-hybridized carbons (Fsp3) is 0.273. The van der Waals surface area contributed by atoms with Gasteiger partial charge in [-0.15, -0.1) is 0 Å². The molecule has 0 saturated carbocycles. The first-order chi connectivity index (χ1) is 7.64. The minimum Gasteiger partial charge on any atom is -0.497 e. The lowest BCUT2D eigenvalue weighted by molar-refractivity contribution is 0.413. The van der Waals surface area contributed by atoms with E-state index in [0.717, 1.165) is 0 Å². The summed E-state index contributed by atoms with van der Waals surface area (Å²) in [7, 11) is -1.78. The number of hydrogen-bond acceptors (Lipinski definition) is 4. The van der Waals surface area contributed by atoms with Gasteiger partial charge in [-0.3, -0.25) is 0 Å². The number of hydrogen-bond donors (Lipinski definition) is 1. The Morgan fingerprint density at radius 3 is 2.88 bits per heavy atom. The van der Waals surface area contributed by atoms with Crippen molar-refractivity contribution in [1.29, 1.82) is 0 Å². The predicted molar refractivity (Wildman–Crippen MR) is 61.1 cm³/mol. The molecule has 5 heteroatoms. The van der Waals surface area contributed by atoms with Crippen molar-refractivity contribution in [3.63, 3.8) is 0 Å². The van der Waals surface area contributed by atoms with Crippen LogP contribution in [0.4, 0.5) is 0 Å². The number of sulfone groups is 1. The summed E-state index contributed by atoms with van der Waals surface area (Å²) in [6, 6.07) is 6.53. The van der Waals surface area contributed by atoms with Crippen molar-refractivity contribution in [2.24, 2.45) is 0 Å². The quantitative estimate of drug-likeness (QED) is 0.853. The van der Waals surface area contributed by atoms with E-state index in [0.29, 0.717) is 17.2 Å². The molecular weight excluding hydrogens is 226 g/mol. The summed E-state index contributed by atoms with van der Waals surface area (Å²) in [5, 5.41) is 2.40. The molecular formula is C11H13NO3S. The molecule has 0 spiro atoms. The minimum atomic E-state index is -3.30. The number of ether oxygens (including phenoxy) is 1. The molecule has 0 amide bonds. The minimum absolute atomic E-state index is 0.296. The molecule has 86 valence electrons. The molecule has 0 saturated heterocycles. The van der Waals surface area contributed by atoms with Gasteiger partial charge in [0, 0.05) is 6.54 Å². The molecule has 1 aromatic rings. The van der Waals surface area contributed by atoms with E-state index in [1.54, 1.807) is 36.5 Å². The Morgan fingerprint density at radius 1 is 1.44 bits per heavy atom. The van der Waals surface area contributed by atoms with Gasteiger partial charge in [0.05, 0.1) is 12.0 Å². The molecule has 1 aliphatic rings. The Balaban J connectivity index is 2.38. The van der Waals surface area contributed by atoms with Crippen LogP contribution >= 0.6 is 0 Å². The summed E-state index contributed by atoms with van der Waals surface area (Å²) in [5.41, 5.74) is 0. The first kappa shape index (κ1) is 11.0. The SMILES string of the molecule is COc1cccc(S(=O)(=O)C2C=CNC2)c1. The Hall–Kier alpha value is -1.49. The third-order valence-electron chi connectivity index (χ3n) is 2.52. The van der Waals surface area contributed by atoms with Gasteiger partial charge in [0.25, 0.3) is 0 Å². The molecule has 1 N–H and O–H groups in total. The van der Waals surface area contributed by atoms with Crippen molar-refractivity contribution in [2.75, 3.05) is 13.7 Å². The topological polar surface area (TPSA) is 55.4 Å². The predicted octanol–water partition coefficient (Wildman–Crippen LogP) is 0.954. The molecule has 0 radical (unpaired) electrons. The van der Waals surface area contributed by atoms with E-state index < -0.39 is 15.1 Å². The number of benzene rings is 1. The van der Waals surface area contributed by atoms with Crippen molar-refractivity contribution in [1.82, 2.24) is 5.32 Å². The van der Waals surface area contributed by atoms with Gasteiger partial charge in [0.1, 0.15) is 11.0 Å². The molecule has 2 rings (SSSR count). The highest BCUT2D eigenvalue weighted by atomic mass is 32.2. The van der Waals surface area contributed by atoms with Gasteiger partial charge in [-0.1, -0.05) is 6.07 Å². The van der Waals surface area contributed by atoms with Crippen LogP contribution in [-0.2, 0) is 9.84 Å². The average Bonchev–Trinajstić information content (AvgIpc) is 2.83. The lowest BCUT2D eigenvalue weighted by atomic mass is 10.3. The first-order valence-corrected chi connectivity index (χ1v) is 6.47. The Morgan fingerprint density at radius 2 is 2.25 bits per heavy atom. The van der Waals surface area contributed by atoms with Crippen LogP contribution in [0.1, 0.15) is 0 Å². The van der Waals surface area contributed by atoms with Crippen LogP contribution in [0, 0.1) is 0 Å². The van der Waals surface area contributed by atoms with E-state index >= 15 is 0 Å². The van der Waals surface area contributed by atoms with Crippen molar-refractivity contribution in [2.45, 2.75) is 10.1 Å². The Kier molecular flexibility index (Phi) is 2.87.